The van der Waals surface area contributed by atoms with Gasteiger partial charge in [0.25, 0.3) is 0 Å². The Balaban J connectivity index is 1.95. The number of aryl methyl sites for hydroxylation is 3. The number of hydrogen-bond donors (Lipinski definition) is 1. The summed E-state index contributed by atoms with van der Waals surface area (Å²) < 4.78 is 15.8. The second-order valence-electron chi connectivity index (χ2n) is 5.43. The van der Waals surface area contributed by atoms with E-state index in [4.69, 9.17) is 0 Å². The molecule has 4 nitrogen and oxygen atoms in total. The largest absolute Gasteiger partial charge is 0.380 e. The Morgan fingerprint density at radius 3 is 2.91 bits per heavy atom. The lowest BCUT2D eigenvalue weighted by molar-refractivity contribution is 0.636. The maximum atomic E-state index is 13.9. The predicted octanol–water partition coefficient (Wildman–Crippen LogP) is 3.59. The average Bonchev–Trinajstić information content (AvgIpc) is 2.86. The fourth-order valence-electron chi connectivity index (χ4n) is 2.71. The Morgan fingerprint density at radius 2 is 2.14 bits per heavy atom. The van der Waals surface area contributed by atoms with Crippen LogP contribution in [0.15, 0.2) is 30.5 Å². The maximum absolute atomic E-state index is 13.9. The summed E-state index contributed by atoms with van der Waals surface area (Å²) in [7, 11) is 1.92. The van der Waals surface area contributed by atoms with Gasteiger partial charge in [0.1, 0.15) is 11.3 Å². The van der Waals surface area contributed by atoms with Crippen LogP contribution >= 0.6 is 0 Å². The molecule has 1 N–H and O–H groups in total. The van der Waals surface area contributed by atoms with Crippen molar-refractivity contribution in [3.63, 3.8) is 0 Å². The zero-order valence-corrected chi connectivity index (χ0v) is 13.0. The van der Waals surface area contributed by atoms with Crippen LogP contribution in [0.3, 0.4) is 0 Å². The molecule has 2 aromatic heterocycles. The lowest BCUT2D eigenvalue weighted by atomic mass is 10.1. The monoisotopic (exact) mass is 298 g/mol. The summed E-state index contributed by atoms with van der Waals surface area (Å²) in [4.78, 5) is 4.30. The van der Waals surface area contributed by atoms with Crippen LogP contribution in [0.4, 0.5) is 10.1 Å². The number of rotatable bonds is 4. The van der Waals surface area contributed by atoms with Gasteiger partial charge >= 0.3 is 0 Å². The molecule has 2 heterocycles. The third-order valence-electron chi connectivity index (χ3n) is 3.71. The Labute approximate surface area is 129 Å². The van der Waals surface area contributed by atoms with Crippen LogP contribution in [-0.2, 0) is 20.0 Å². The van der Waals surface area contributed by atoms with Gasteiger partial charge in [-0.2, -0.15) is 5.10 Å². The third kappa shape index (κ3) is 2.66. The molecule has 0 saturated heterocycles. The van der Waals surface area contributed by atoms with E-state index in [9.17, 15) is 4.39 Å². The number of aromatic nitrogens is 3. The van der Waals surface area contributed by atoms with Crippen molar-refractivity contribution in [1.82, 2.24) is 14.8 Å². The van der Waals surface area contributed by atoms with Gasteiger partial charge in [-0.15, -0.1) is 0 Å². The molecule has 0 bridgehead atoms. The third-order valence-corrected chi connectivity index (χ3v) is 3.71. The van der Waals surface area contributed by atoms with Crippen LogP contribution in [0.25, 0.3) is 10.9 Å². The summed E-state index contributed by atoms with van der Waals surface area (Å²) in [6, 6.07) is 6.98. The minimum absolute atomic E-state index is 0.292. The number of halogens is 1. The highest BCUT2D eigenvalue weighted by Gasteiger charge is 2.10. The Morgan fingerprint density at radius 1 is 1.32 bits per heavy atom. The first-order valence-electron chi connectivity index (χ1n) is 7.39. The molecule has 22 heavy (non-hydrogen) atoms. The van der Waals surface area contributed by atoms with Gasteiger partial charge in [0.2, 0.25) is 0 Å². The molecule has 0 amide bonds. The first-order chi connectivity index (χ1) is 10.6. The van der Waals surface area contributed by atoms with Gasteiger partial charge in [-0.1, -0.05) is 19.1 Å². The van der Waals surface area contributed by atoms with Crippen LogP contribution in [-0.4, -0.2) is 14.8 Å². The molecule has 0 aliphatic heterocycles. The Kier molecular flexibility index (Phi) is 3.79. The number of pyridine rings is 1. The van der Waals surface area contributed by atoms with E-state index < -0.39 is 0 Å². The number of hydrogen-bond acceptors (Lipinski definition) is 3. The molecule has 5 heteroatoms. The van der Waals surface area contributed by atoms with Crippen LogP contribution < -0.4 is 5.32 Å². The van der Waals surface area contributed by atoms with E-state index in [-0.39, 0.29) is 5.82 Å². The topological polar surface area (TPSA) is 42.7 Å². The van der Waals surface area contributed by atoms with Gasteiger partial charge in [0, 0.05) is 42.1 Å². The fourth-order valence-corrected chi connectivity index (χ4v) is 2.71. The zero-order valence-electron chi connectivity index (χ0n) is 13.0. The number of fused-ring (bicyclic) bond motifs is 1. The number of nitrogens with one attached hydrogen (secondary N) is 1. The van der Waals surface area contributed by atoms with E-state index in [0.717, 1.165) is 34.4 Å². The molecule has 0 saturated carbocycles. The second kappa shape index (κ2) is 5.75. The highest BCUT2D eigenvalue weighted by Crippen LogP contribution is 2.25. The molecule has 1 aromatic carbocycles. The van der Waals surface area contributed by atoms with Crippen molar-refractivity contribution >= 4 is 16.6 Å². The van der Waals surface area contributed by atoms with Crippen molar-refractivity contribution in [2.75, 3.05) is 5.32 Å². The summed E-state index contributed by atoms with van der Waals surface area (Å²) in [5, 5.41) is 8.64. The molecule has 114 valence electrons. The predicted molar refractivity (Wildman–Crippen MR) is 86.4 cm³/mol. The molecule has 0 atom stereocenters. The van der Waals surface area contributed by atoms with Crippen LogP contribution in [0.2, 0.25) is 0 Å². The molecular formula is C17H19FN4. The zero-order chi connectivity index (χ0) is 15.7. The second-order valence-corrected chi connectivity index (χ2v) is 5.43. The maximum Gasteiger partial charge on any atom is 0.149 e. The van der Waals surface area contributed by atoms with E-state index in [2.05, 4.69) is 22.3 Å². The first-order valence-corrected chi connectivity index (χ1v) is 7.39. The summed E-state index contributed by atoms with van der Waals surface area (Å²) >= 11 is 0. The van der Waals surface area contributed by atoms with E-state index in [1.807, 2.05) is 37.0 Å². The quantitative estimate of drug-likeness (QED) is 0.800. The summed E-state index contributed by atoms with van der Waals surface area (Å²) in [6.45, 7) is 4.62. The van der Waals surface area contributed by atoms with Gasteiger partial charge in [-0.25, -0.2) is 9.37 Å². The highest BCUT2D eigenvalue weighted by atomic mass is 19.1. The van der Waals surface area contributed by atoms with Crippen molar-refractivity contribution in [3.05, 3.63) is 53.2 Å². The van der Waals surface area contributed by atoms with Gasteiger partial charge in [-0.05, 0) is 25.5 Å². The number of para-hydroxylation sites is 1. The van der Waals surface area contributed by atoms with Crippen molar-refractivity contribution in [3.8, 4) is 0 Å². The van der Waals surface area contributed by atoms with Crippen LogP contribution in [0.1, 0.15) is 23.9 Å². The molecule has 3 rings (SSSR count). The lowest BCUT2D eigenvalue weighted by Crippen LogP contribution is -2.03. The first kappa shape index (κ1) is 14.5. The normalized spacial score (nSPS) is 11.1. The van der Waals surface area contributed by atoms with E-state index in [1.165, 1.54) is 6.07 Å². The summed E-state index contributed by atoms with van der Waals surface area (Å²) in [6.07, 6.45) is 2.91. The van der Waals surface area contributed by atoms with Gasteiger partial charge in [-0.3, -0.25) is 4.68 Å². The molecular weight excluding hydrogens is 279 g/mol. The average molecular weight is 298 g/mol. The fraction of sp³-hybridized carbons (Fsp3) is 0.294. The molecule has 0 unspecified atom stereocenters. The molecule has 0 aliphatic rings. The summed E-state index contributed by atoms with van der Waals surface area (Å²) in [5.74, 6) is -0.292. The van der Waals surface area contributed by atoms with Crippen molar-refractivity contribution < 1.29 is 4.39 Å². The number of benzene rings is 1. The van der Waals surface area contributed by atoms with Gasteiger partial charge < -0.3 is 5.32 Å². The van der Waals surface area contributed by atoms with Crippen molar-refractivity contribution in [2.24, 2.45) is 7.05 Å². The standard InChI is InChI=1S/C17H19FN4/c1-4-15-12(10-22(3)21-15)9-19-16-8-11(2)20-17-13(16)6-5-7-14(17)18/h5-8,10H,4,9H2,1-3H3,(H,19,20). The SMILES string of the molecule is CCc1nn(C)cc1CNc1cc(C)nc2c(F)cccc12. The van der Waals surface area contributed by atoms with E-state index in [1.54, 1.807) is 6.07 Å². The molecule has 0 spiro atoms. The van der Waals surface area contributed by atoms with Crippen LogP contribution in [0, 0.1) is 12.7 Å². The van der Waals surface area contributed by atoms with Gasteiger partial charge in [0.05, 0.1) is 5.69 Å². The number of anilines is 1. The van der Waals surface area contributed by atoms with Crippen LogP contribution in [0.5, 0.6) is 0 Å². The minimum atomic E-state index is -0.292. The Hall–Kier alpha value is -2.43. The smallest absolute Gasteiger partial charge is 0.149 e. The van der Waals surface area contributed by atoms with Crippen molar-refractivity contribution in [1.29, 1.82) is 0 Å². The Bertz CT molecular complexity index is 823. The van der Waals surface area contributed by atoms with Gasteiger partial charge in [0.15, 0.2) is 0 Å². The summed E-state index contributed by atoms with van der Waals surface area (Å²) in [5.41, 5.74) is 4.34. The molecule has 0 aliphatic carbocycles. The van der Waals surface area contributed by atoms with Crippen molar-refractivity contribution in [2.45, 2.75) is 26.8 Å². The molecule has 0 radical (unpaired) electrons. The van der Waals surface area contributed by atoms with E-state index >= 15 is 0 Å². The minimum Gasteiger partial charge on any atom is -0.380 e. The molecule has 0 fully saturated rings. The number of nitrogens with zero attached hydrogens (tertiary/aromatic N) is 3. The van der Waals surface area contributed by atoms with E-state index in [0.29, 0.717) is 12.1 Å². The molecule has 3 aromatic rings. The highest BCUT2D eigenvalue weighted by molar-refractivity contribution is 5.91. The lowest BCUT2D eigenvalue weighted by Gasteiger charge is -2.11.